The van der Waals surface area contributed by atoms with Crippen LogP contribution in [-0.2, 0) is 22.4 Å². The predicted molar refractivity (Wildman–Crippen MR) is 109 cm³/mol. The van der Waals surface area contributed by atoms with E-state index in [0.717, 1.165) is 0 Å². The smallest absolute Gasteiger partial charge is 0.451 e. The molecule has 3 N–H and O–H groups in total. The number of ether oxygens (including phenoxy) is 2. The van der Waals surface area contributed by atoms with Crippen LogP contribution in [0.4, 0.5) is 19.0 Å². The second kappa shape index (κ2) is 8.00. The van der Waals surface area contributed by atoms with Gasteiger partial charge in [0.25, 0.3) is 0 Å². The van der Waals surface area contributed by atoms with E-state index in [1.54, 1.807) is 24.3 Å². The van der Waals surface area contributed by atoms with Crippen molar-refractivity contribution in [3.63, 3.8) is 0 Å². The van der Waals surface area contributed by atoms with Crippen LogP contribution in [0, 0.1) is 0 Å². The lowest BCUT2D eigenvalue weighted by atomic mass is 10.2. The molecule has 11 heteroatoms. The van der Waals surface area contributed by atoms with Crippen LogP contribution in [0.2, 0.25) is 0 Å². The van der Waals surface area contributed by atoms with Gasteiger partial charge in [-0.2, -0.15) is 13.2 Å². The van der Waals surface area contributed by atoms with Crippen molar-refractivity contribution in [2.24, 2.45) is 5.14 Å². The molecule has 3 aromatic rings. The maximum absolute atomic E-state index is 13.3. The predicted octanol–water partition coefficient (Wildman–Crippen LogP) is 3.23. The van der Waals surface area contributed by atoms with E-state index >= 15 is 0 Å². The summed E-state index contributed by atoms with van der Waals surface area (Å²) in [7, 11) is -0.0468. The van der Waals surface area contributed by atoms with Crippen molar-refractivity contribution in [1.82, 2.24) is 9.97 Å². The molecule has 0 saturated carbocycles. The molecule has 0 amide bonds. The van der Waals surface area contributed by atoms with Crippen molar-refractivity contribution in [2.45, 2.75) is 17.6 Å². The minimum absolute atomic E-state index is 0.0165. The number of methoxy groups -OCH3 is 2. The maximum Gasteiger partial charge on any atom is 0.451 e. The van der Waals surface area contributed by atoms with Gasteiger partial charge in [0, 0.05) is 22.9 Å². The molecule has 3 rings (SSSR count). The molecule has 1 atom stereocenters. The number of nitrogens with two attached hydrogens (primary N) is 1. The summed E-state index contributed by atoms with van der Waals surface area (Å²) in [5.74, 6) is 2.69. The first-order chi connectivity index (χ1) is 14.0. The number of aromatic nitrogens is 2. The number of nitrogens with one attached hydrogen (secondary N) is 1. The van der Waals surface area contributed by atoms with Gasteiger partial charge in [0.05, 0.1) is 29.4 Å². The number of anilines is 1. The van der Waals surface area contributed by atoms with Gasteiger partial charge in [0.2, 0.25) is 5.82 Å². The van der Waals surface area contributed by atoms with Gasteiger partial charge in [0.15, 0.2) is 11.5 Å². The van der Waals surface area contributed by atoms with E-state index in [9.17, 15) is 17.4 Å². The molecule has 1 heterocycles. The Morgan fingerprint density at radius 3 is 2.23 bits per heavy atom. The fourth-order valence-corrected chi connectivity index (χ4v) is 3.34. The maximum atomic E-state index is 13.3. The average molecular weight is 440 g/mol. The van der Waals surface area contributed by atoms with Gasteiger partial charge in [-0.05, 0) is 29.6 Å². The summed E-state index contributed by atoms with van der Waals surface area (Å²) in [6, 6.07) is 9.28. The molecule has 0 saturated heterocycles. The molecule has 7 nitrogen and oxygen atoms in total. The van der Waals surface area contributed by atoms with E-state index in [4.69, 9.17) is 14.6 Å². The zero-order chi connectivity index (χ0) is 22.1. The summed E-state index contributed by atoms with van der Waals surface area (Å²) in [4.78, 5) is 7.65. The van der Waals surface area contributed by atoms with Gasteiger partial charge in [-0.3, -0.25) is 5.14 Å². The summed E-state index contributed by atoms with van der Waals surface area (Å²) in [6.07, 6.45) is -4.73. The molecular formula is C19H19F3N4O3S. The molecule has 0 aliphatic carbocycles. The third-order valence-electron chi connectivity index (χ3n) is 4.24. The Morgan fingerprint density at radius 2 is 1.70 bits per heavy atom. The summed E-state index contributed by atoms with van der Waals surface area (Å²) in [5.41, 5.74) is 0.760. The summed E-state index contributed by atoms with van der Waals surface area (Å²) >= 11 is 0. The molecule has 0 radical (unpaired) electrons. The Balaban J connectivity index is 2.02. The lowest BCUT2D eigenvalue weighted by Crippen LogP contribution is -2.14. The first-order valence-electron chi connectivity index (χ1n) is 8.51. The largest absolute Gasteiger partial charge is 0.493 e. The third kappa shape index (κ3) is 4.57. The Kier molecular flexibility index (Phi) is 5.77. The first-order valence-corrected chi connectivity index (χ1v) is 10.3. The molecule has 0 bridgehead atoms. The van der Waals surface area contributed by atoms with E-state index in [1.165, 1.54) is 26.4 Å². The Bertz CT molecular complexity index is 1180. The number of alkyl halides is 3. The SMILES string of the molecule is C=S(N)(=O)c1ccc(CNc2nc(C(F)(F)F)nc3cc(OC)c(OC)cc23)cc1. The second-order valence-electron chi connectivity index (χ2n) is 6.34. The van der Waals surface area contributed by atoms with Gasteiger partial charge in [-0.1, -0.05) is 12.1 Å². The topological polar surface area (TPSA) is 99.4 Å². The van der Waals surface area contributed by atoms with Crippen LogP contribution in [0.3, 0.4) is 0 Å². The average Bonchev–Trinajstić information content (AvgIpc) is 2.69. The van der Waals surface area contributed by atoms with Crippen molar-refractivity contribution < 1.29 is 26.9 Å². The van der Waals surface area contributed by atoms with Gasteiger partial charge in [-0.15, -0.1) is 0 Å². The van der Waals surface area contributed by atoms with Crippen molar-refractivity contribution >= 4 is 32.3 Å². The normalized spacial score (nSPS) is 13.7. The highest BCUT2D eigenvalue weighted by atomic mass is 32.2. The number of hydrogen-bond donors (Lipinski definition) is 2. The van der Waals surface area contributed by atoms with Crippen molar-refractivity contribution in [3.8, 4) is 11.5 Å². The Hall–Kier alpha value is -3.05. The first kappa shape index (κ1) is 21.7. The lowest BCUT2D eigenvalue weighted by Gasteiger charge is -2.15. The molecule has 0 fully saturated rings. The zero-order valence-electron chi connectivity index (χ0n) is 16.1. The summed E-state index contributed by atoms with van der Waals surface area (Å²) in [5, 5.41) is 8.73. The third-order valence-corrected chi connectivity index (χ3v) is 5.31. The zero-order valence-corrected chi connectivity index (χ0v) is 16.9. The van der Waals surface area contributed by atoms with Gasteiger partial charge < -0.3 is 14.8 Å². The van der Waals surface area contributed by atoms with E-state index in [0.29, 0.717) is 21.6 Å². The van der Waals surface area contributed by atoms with Crippen LogP contribution in [-0.4, -0.2) is 34.3 Å². The van der Waals surface area contributed by atoms with E-state index in [1.807, 2.05) is 0 Å². The van der Waals surface area contributed by atoms with Crippen LogP contribution >= 0.6 is 0 Å². The van der Waals surface area contributed by atoms with Crippen LogP contribution < -0.4 is 19.9 Å². The molecule has 2 aromatic carbocycles. The minimum Gasteiger partial charge on any atom is -0.493 e. The number of fused-ring (bicyclic) bond motifs is 1. The highest BCUT2D eigenvalue weighted by Gasteiger charge is 2.35. The number of nitrogens with zero attached hydrogens (tertiary/aromatic N) is 2. The number of rotatable bonds is 6. The summed E-state index contributed by atoms with van der Waals surface area (Å²) < 4.78 is 62.0. The van der Waals surface area contributed by atoms with E-state index in [2.05, 4.69) is 21.2 Å². The second-order valence-corrected chi connectivity index (χ2v) is 8.27. The quantitative estimate of drug-likeness (QED) is 0.571. The Labute approximate surface area is 171 Å². The monoisotopic (exact) mass is 440 g/mol. The highest BCUT2D eigenvalue weighted by Crippen LogP contribution is 2.36. The molecule has 0 aliphatic heterocycles. The van der Waals surface area contributed by atoms with Crippen LogP contribution in [0.1, 0.15) is 11.4 Å². The van der Waals surface area contributed by atoms with Crippen molar-refractivity contribution in [1.29, 1.82) is 0 Å². The van der Waals surface area contributed by atoms with Gasteiger partial charge in [0.1, 0.15) is 5.82 Å². The molecule has 0 aliphatic rings. The van der Waals surface area contributed by atoms with Crippen LogP contribution in [0.5, 0.6) is 11.5 Å². The van der Waals surface area contributed by atoms with Crippen LogP contribution in [0.15, 0.2) is 41.3 Å². The molecule has 160 valence electrons. The summed E-state index contributed by atoms with van der Waals surface area (Å²) in [6.45, 7) is 0.154. The van der Waals surface area contributed by atoms with Crippen LogP contribution in [0.25, 0.3) is 10.9 Å². The number of halogens is 3. The molecule has 30 heavy (non-hydrogen) atoms. The van der Waals surface area contributed by atoms with Gasteiger partial charge in [-0.25, -0.2) is 14.2 Å². The standard InChI is InChI=1S/C19H19F3N4O3S/c1-28-15-8-13-14(9-16(15)29-2)25-18(19(20,21)22)26-17(13)24-10-11-4-6-12(7-5-11)30(3,23)27/h4-9H,3,10H2,1-2H3,(H2,23,27)(H,24,25,26). The highest BCUT2D eigenvalue weighted by molar-refractivity contribution is 7.98. The lowest BCUT2D eigenvalue weighted by molar-refractivity contribution is -0.144. The van der Waals surface area contributed by atoms with Gasteiger partial charge >= 0.3 is 6.18 Å². The molecule has 0 spiro atoms. The number of benzene rings is 2. The van der Waals surface area contributed by atoms with Crippen molar-refractivity contribution in [2.75, 3.05) is 19.5 Å². The van der Waals surface area contributed by atoms with E-state index in [-0.39, 0.29) is 23.6 Å². The molecule has 1 aromatic heterocycles. The number of hydrogen-bond acceptors (Lipinski definition) is 6. The molecular weight excluding hydrogens is 421 g/mol. The fourth-order valence-electron chi connectivity index (χ4n) is 2.74. The molecule has 1 unspecified atom stereocenters. The fraction of sp³-hybridized carbons (Fsp3) is 0.211. The Morgan fingerprint density at radius 1 is 1.10 bits per heavy atom. The minimum atomic E-state index is -4.73. The van der Waals surface area contributed by atoms with Crippen molar-refractivity contribution in [3.05, 3.63) is 47.8 Å². The van der Waals surface area contributed by atoms with E-state index < -0.39 is 21.7 Å².